The summed E-state index contributed by atoms with van der Waals surface area (Å²) in [7, 11) is 0. The highest BCUT2D eigenvalue weighted by Gasteiger charge is 2.36. The Balaban J connectivity index is 1.73. The van der Waals surface area contributed by atoms with Crippen LogP contribution in [0.3, 0.4) is 0 Å². The molecule has 0 aliphatic carbocycles. The molecule has 1 fully saturated rings. The Labute approximate surface area is 111 Å². The summed E-state index contributed by atoms with van der Waals surface area (Å²) in [5.74, 6) is -1.15. The number of carbonyl (C=O) groups excluding carboxylic acids is 1. The number of hydrogen-bond donors (Lipinski definition) is 2. The number of urea groups is 1. The summed E-state index contributed by atoms with van der Waals surface area (Å²) in [4.78, 5) is 28.2. The standard InChI is InChI=1S/C13H17N3O3/c1-9(12(17)18)11-7-16(8-11)13(19)15-6-10-3-2-4-14-5-10/h2-5,9,11H,6-8H2,1H3,(H,15,19)(H,17,18). The van der Waals surface area contributed by atoms with E-state index >= 15 is 0 Å². The largest absolute Gasteiger partial charge is 0.481 e. The highest BCUT2D eigenvalue weighted by molar-refractivity contribution is 5.76. The molecule has 1 aromatic heterocycles. The van der Waals surface area contributed by atoms with Gasteiger partial charge in [0.1, 0.15) is 0 Å². The van der Waals surface area contributed by atoms with Crippen molar-refractivity contribution in [1.82, 2.24) is 15.2 Å². The fourth-order valence-electron chi connectivity index (χ4n) is 1.99. The van der Waals surface area contributed by atoms with Gasteiger partial charge in [0.05, 0.1) is 5.92 Å². The summed E-state index contributed by atoms with van der Waals surface area (Å²) in [5, 5.41) is 11.7. The monoisotopic (exact) mass is 263 g/mol. The van der Waals surface area contributed by atoms with E-state index in [0.29, 0.717) is 19.6 Å². The van der Waals surface area contributed by atoms with Gasteiger partial charge < -0.3 is 15.3 Å². The molecule has 0 saturated carbocycles. The van der Waals surface area contributed by atoms with Gasteiger partial charge in [-0.3, -0.25) is 9.78 Å². The maximum Gasteiger partial charge on any atom is 0.317 e. The van der Waals surface area contributed by atoms with Gasteiger partial charge in [-0.1, -0.05) is 13.0 Å². The van der Waals surface area contributed by atoms with Crippen LogP contribution in [-0.4, -0.2) is 40.1 Å². The average Bonchev–Trinajstić information content (AvgIpc) is 2.35. The fourth-order valence-corrected chi connectivity index (χ4v) is 1.99. The summed E-state index contributed by atoms with van der Waals surface area (Å²) >= 11 is 0. The molecule has 6 nitrogen and oxygen atoms in total. The van der Waals surface area contributed by atoms with Crippen molar-refractivity contribution < 1.29 is 14.7 Å². The lowest BCUT2D eigenvalue weighted by Gasteiger charge is -2.41. The molecule has 1 aromatic rings. The van der Waals surface area contributed by atoms with Crippen molar-refractivity contribution in [3.8, 4) is 0 Å². The molecule has 19 heavy (non-hydrogen) atoms. The highest BCUT2D eigenvalue weighted by atomic mass is 16.4. The van der Waals surface area contributed by atoms with E-state index < -0.39 is 11.9 Å². The fraction of sp³-hybridized carbons (Fsp3) is 0.462. The molecule has 1 unspecified atom stereocenters. The van der Waals surface area contributed by atoms with Gasteiger partial charge >= 0.3 is 12.0 Å². The van der Waals surface area contributed by atoms with Crippen LogP contribution < -0.4 is 5.32 Å². The lowest BCUT2D eigenvalue weighted by Crippen LogP contribution is -2.56. The van der Waals surface area contributed by atoms with Crippen molar-refractivity contribution in [2.75, 3.05) is 13.1 Å². The number of amides is 2. The van der Waals surface area contributed by atoms with Crippen LogP contribution in [0.25, 0.3) is 0 Å². The molecule has 2 amide bonds. The Bertz CT molecular complexity index is 457. The first kappa shape index (κ1) is 13.3. The van der Waals surface area contributed by atoms with E-state index in [-0.39, 0.29) is 11.9 Å². The third-order valence-corrected chi connectivity index (χ3v) is 3.46. The van der Waals surface area contributed by atoms with Crippen molar-refractivity contribution in [3.63, 3.8) is 0 Å². The number of nitrogens with one attached hydrogen (secondary N) is 1. The lowest BCUT2D eigenvalue weighted by atomic mass is 9.87. The van der Waals surface area contributed by atoms with Crippen molar-refractivity contribution >= 4 is 12.0 Å². The third kappa shape index (κ3) is 3.21. The van der Waals surface area contributed by atoms with Crippen molar-refractivity contribution in [2.24, 2.45) is 11.8 Å². The van der Waals surface area contributed by atoms with Crippen molar-refractivity contribution in [1.29, 1.82) is 0 Å². The van der Waals surface area contributed by atoms with Crippen molar-refractivity contribution in [2.45, 2.75) is 13.5 Å². The Morgan fingerprint density at radius 3 is 2.89 bits per heavy atom. The topological polar surface area (TPSA) is 82.5 Å². The summed E-state index contributed by atoms with van der Waals surface area (Å²) in [6.07, 6.45) is 3.38. The van der Waals surface area contributed by atoms with E-state index in [1.165, 1.54) is 0 Å². The summed E-state index contributed by atoms with van der Waals surface area (Å²) in [5.41, 5.74) is 0.937. The molecule has 1 saturated heterocycles. The maximum absolute atomic E-state index is 11.8. The molecule has 102 valence electrons. The van der Waals surface area contributed by atoms with E-state index in [4.69, 9.17) is 5.11 Å². The minimum absolute atomic E-state index is 0.0571. The number of carboxylic acid groups (broad SMARTS) is 1. The van der Waals surface area contributed by atoms with Gasteiger partial charge in [-0.2, -0.15) is 0 Å². The van der Waals surface area contributed by atoms with E-state index in [2.05, 4.69) is 10.3 Å². The Kier molecular flexibility index (Phi) is 3.99. The Morgan fingerprint density at radius 1 is 1.58 bits per heavy atom. The zero-order valence-corrected chi connectivity index (χ0v) is 10.7. The van der Waals surface area contributed by atoms with Gasteiger partial charge in [0.15, 0.2) is 0 Å². The third-order valence-electron chi connectivity index (χ3n) is 3.46. The van der Waals surface area contributed by atoms with Crippen LogP contribution in [-0.2, 0) is 11.3 Å². The summed E-state index contributed by atoms with van der Waals surface area (Å²) < 4.78 is 0. The number of aliphatic carboxylic acids is 1. The number of pyridine rings is 1. The molecule has 0 bridgehead atoms. The van der Waals surface area contributed by atoms with Crippen molar-refractivity contribution in [3.05, 3.63) is 30.1 Å². The van der Waals surface area contributed by atoms with E-state index in [0.717, 1.165) is 5.56 Å². The van der Waals surface area contributed by atoms with Gasteiger partial charge in [-0.15, -0.1) is 0 Å². The minimum atomic E-state index is -0.805. The number of likely N-dealkylation sites (tertiary alicyclic amines) is 1. The van der Waals surface area contributed by atoms with Crippen LogP contribution in [0.1, 0.15) is 12.5 Å². The van der Waals surface area contributed by atoms with Gasteiger partial charge in [-0.05, 0) is 11.6 Å². The van der Waals surface area contributed by atoms with Gasteiger partial charge in [-0.25, -0.2) is 4.79 Å². The first-order valence-electron chi connectivity index (χ1n) is 6.22. The molecule has 1 atom stereocenters. The number of carbonyl (C=O) groups is 2. The SMILES string of the molecule is CC(C(=O)O)C1CN(C(=O)NCc2cccnc2)C1. The van der Waals surface area contributed by atoms with Gasteiger partial charge in [0.25, 0.3) is 0 Å². The average molecular weight is 263 g/mol. The second kappa shape index (κ2) is 5.69. The highest BCUT2D eigenvalue weighted by Crippen LogP contribution is 2.23. The molecule has 0 aromatic carbocycles. The number of aromatic nitrogens is 1. The van der Waals surface area contributed by atoms with E-state index in [9.17, 15) is 9.59 Å². The van der Waals surface area contributed by atoms with Crippen LogP contribution in [0.5, 0.6) is 0 Å². The van der Waals surface area contributed by atoms with Crippen LogP contribution in [0.15, 0.2) is 24.5 Å². The number of carboxylic acids is 1. The van der Waals surface area contributed by atoms with Gasteiger partial charge in [0, 0.05) is 37.9 Å². The number of nitrogens with zero attached hydrogens (tertiary/aromatic N) is 2. The van der Waals surface area contributed by atoms with Crippen LogP contribution in [0.2, 0.25) is 0 Å². The second-order valence-corrected chi connectivity index (χ2v) is 4.81. The van der Waals surface area contributed by atoms with E-state index in [1.807, 2.05) is 12.1 Å². The zero-order valence-electron chi connectivity index (χ0n) is 10.7. The van der Waals surface area contributed by atoms with Gasteiger partial charge in [0.2, 0.25) is 0 Å². The molecule has 6 heteroatoms. The first-order valence-corrected chi connectivity index (χ1v) is 6.22. The number of hydrogen-bond acceptors (Lipinski definition) is 3. The Hall–Kier alpha value is -2.11. The first-order chi connectivity index (χ1) is 9.08. The molecular weight excluding hydrogens is 246 g/mol. The predicted octanol–water partition coefficient (Wildman–Crippen LogP) is 0.944. The molecule has 2 N–H and O–H groups in total. The quantitative estimate of drug-likeness (QED) is 0.847. The Morgan fingerprint density at radius 2 is 2.32 bits per heavy atom. The molecule has 1 aliphatic rings. The maximum atomic E-state index is 11.8. The van der Waals surface area contributed by atoms with Crippen LogP contribution in [0, 0.1) is 11.8 Å². The molecule has 1 aliphatic heterocycles. The molecule has 2 rings (SSSR count). The molecule has 2 heterocycles. The van der Waals surface area contributed by atoms with Crippen LogP contribution >= 0.6 is 0 Å². The zero-order chi connectivity index (χ0) is 13.8. The normalized spacial score (nSPS) is 16.6. The predicted molar refractivity (Wildman–Crippen MR) is 68.3 cm³/mol. The van der Waals surface area contributed by atoms with E-state index in [1.54, 1.807) is 24.2 Å². The lowest BCUT2D eigenvalue weighted by molar-refractivity contribution is -0.144. The van der Waals surface area contributed by atoms with Crippen LogP contribution in [0.4, 0.5) is 4.79 Å². The number of rotatable bonds is 4. The summed E-state index contributed by atoms with van der Waals surface area (Å²) in [6.45, 7) is 3.12. The molecule has 0 radical (unpaired) electrons. The second-order valence-electron chi connectivity index (χ2n) is 4.81. The smallest absolute Gasteiger partial charge is 0.317 e. The molecule has 0 spiro atoms. The minimum Gasteiger partial charge on any atom is -0.481 e. The molecular formula is C13H17N3O3. The summed E-state index contributed by atoms with van der Waals surface area (Å²) in [6, 6.07) is 3.55.